The standard InChI is InChI=1S/C9H10I2O3/c1-12-7-5(10)4-6(11)8(13-2)9(7)14-3/h4H,1-3H3. The van der Waals surface area contributed by atoms with E-state index in [1.165, 1.54) is 0 Å². The van der Waals surface area contributed by atoms with E-state index in [4.69, 9.17) is 14.2 Å². The van der Waals surface area contributed by atoms with Gasteiger partial charge in [0.15, 0.2) is 11.5 Å². The maximum atomic E-state index is 5.26. The summed E-state index contributed by atoms with van der Waals surface area (Å²) in [5.74, 6) is 2.07. The molecule has 0 unspecified atom stereocenters. The third kappa shape index (κ3) is 2.18. The lowest BCUT2D eigenvalue weighted by atomic mass is 10.3. The van der Waals surface area contributed by atoms with Crippen molar-refractivity contribution < 1.29 is 14.2 Å². The van der Waals surface area contributed by atoms with Gasteiger partial charge in [-0.2, -0.15) is 0 Å². The maximum Gasteiger partial charge on any atom is 0.205 e. The van der Waals surface area contributed by atoms with Crippen LogP contribution < -0.4 is 14.2 Å². The highest BCUT2D eigenvalue weighted by molar-refractivity contribution is 14.1. The summed E-state index contributed by atoms with van der Waals surface area (Å²) in [4.78, 5) is 0. The Morgan fingerprint density at radius 1 is 0.786 bits per heavy atom. The fraction of sp³-hybridized carbons (Fsp3) is 0.333. The van der Waals surface area contributed by atoms with Crippen LogP contribution in [0.3, 0.4) is 0 Å². The smallest absolute Gasteiger partial charge is 0.205 e. The van der Waals surface area contributed by atoms with Gasteiger partial charge in [-0.15, -0.1) is 0 Å². The molecule has 78 valence electrons. The van der Waals surface area contributed by atoms with Gasteiger partial charge in [0, 0.05) is 0 Å². The second kappa shape index (κ2) is 5.24. The number of rotatable bonds is 3. The van der Waals surface area contributed by atoms with E-state index < -0.39 is 0 Å². The Kier molecular flexibility index (Phi) is 4.55. The van der Waals surface area contributed by atoms with E-state index in [1.807, 2.05) is 6.07 Å². The second-order valence-electron chi connectivity index (χ2n) is 2.44. The third-order valence-electron chi connectivity index (χ3n) is 1.71. The number of halogens is 2. The summed E-state index contributed by atoms with van der Waals surface area (Å²) in [6, 6.07) is 1.99. The molecule has 0 spiro atoms. The van der Waals surface area contributed by atoms with Crippen LogP contribution in [0.5, 0.6) is 17.2 Å². The molecule has 0 aliphatic heterocycles. The molecule has 0 fully saturated rings. The average Bonchev–Trinajstić information content (AvgIpc) is 2.16. The SMILES string of the molecule is COc1c(I)cc(I)c(OC)c1OC. The number of hydrogen-bond acceptors (Lipinski definition) is 3. The highest BCUT2D eigenvalue weighted by Crippen LogP contribution is 2.43. The van der Waals surface area contributed by atoms with E-state index in [0.717, 1.165) is 7.14 Å². The van der Waals surface area contributed by atoms with Crippen molar-refractivity contribution in [2.24, 2.45) is 0 Å². The van der Waals surface area contributed by atoms with Gasteiger partial charge in [0.05, 0.1) is 28.5 Å². The maximum absolute atomic E-state index is 5.26. The molecule has 1 aromatic rings. The molecule has 0 N–H and O–H groups in total. The summed E-state index contributed by atoms with van der Waals surface area (Å²) in [6.45, 7) is 0. The largest absolute Gasteiger partial charge is 0.492 e. The molecule has 0 saturated carbocycles. The Balaban J connectivity index is 3.43. The molecular formula is C9H10I2O3. The number of hydrogen-bond donors (Lipinski definition) is 0. The topological polar surface area (TPSA) is 27.7 Å². The van der Waals surface area contributed by atoms with Crippen molar-refractivity contribution in [1.29, 1.82) is 0 Å². The van der Waals surface area contributed by atoms with Gasteiger partial charge in [0.25, 0.3) is 0 Å². The Bertz CT molecular complexity index is 311. The van der Waals surface area contributed by atoms with Crippen LogP contribution in [-0.4, -0.2) is 21.3 Å². The normalized spacial score (nSPS) is 9.79. The average molecular weight is 420 g/mol. The first-order valence-electron chi connectivity index (χ1n) is 3.79. The molecule has 0 atom stereocenters. The Labute approximate surface area is 110 Å². The molecule has 0 radical (unpaired) electrons. The van der Waals surface area contributed by atoms with Gasteiger partial charge in [0.1, 0.15) is 0 Å². The van der Waals surface area contributed by atoms with Gasteiger partial charge >= 0.3 is 0 Å². The molecule has 0 saturated heterocycles. The number of benzene rings is 1. The molecule has 1 aromatic carbocycles. The van der Waals surface area contributed by atoms with Crippen LogP contribution in [0.1, 0.15) is 0 Å². The summed E-state index contributed by atoms with van der Waals surface area (Å²) in [6.07, 6.45) is 0. The molecule has 0 bridgehead atoms. The number of ether oxygens (including phenoxy) is 3. The molecule has 0 aliphatic carbocycles. The van der Waals surface area contributed by atoms with Gasteiger partial charge in [-0.3, -0.25) is 0 Å². The third-order valence-corrected chi connectivity index (χ3v) is 3.31. The molecular weight excluding hydrogens is 410 g/mol. The predicted octanol–water partition coefficient (Wildman–Crippen LogP) is 2.92. The molecule has 14 heavy (non-hydrogen) atoms. The Morgan fingerprint density at radius 3 is 1.43 bits per heavy atom. The summed E-state index contributed by atoms with van der Waals surface area (Å²) in [5, 5.41) is 0. The molecule has 0 amide bonds. The van der Waals surface area contributed by atoms with Crippen LogP contribution in [-0.2, 0) is 0 Å². The zero-order valence-electron chi connectivity index (χ0n) is 8.06. The lowest BCUT2D eigenvalue weighted by Crippen LogP contribution is -1.98. The van der Waals surface area contributed by atoms with Gasteiger partial charge < -0.3 is 14.2 Å². The lowest BCUT2D eigenvalue weighted by Gasteiger charge is -2.14. The summed E-state index contributed by atoms with van der Waals surface area (Å²) < 4.78 is 17.8. The van der Waals surface area contributed by atoms with E-state index in [-0.39, 0.29) is 0 Å². The zero-order valence-corrected chi connectivity index (χ0v) is 12.4. The van der Waals surface area contributed by atoms with E-state index >= 15 is 0 Å². The summed E-state index contributed by atoms with van der Waals surface area (Å²) in [5.41, 5.74) is 0. The van der Waals surface area contributed by atoms with Gasteiger partial charge in [-0.05, 0) is 51.2 Å². The zero-order chi connectivity index (χ0) is 10.7. The lowest BCUT2D eigenvalue weighted by molar-refractivity contribution is 0.321. The monoisotopic (exact) mass is 420 g/mol. The highest BCUT2D eigenvalue weighted by Gasteiger charge is 2.17. The van der Waals surface area contributed by atoms with Crippen molar-refractivity contribution in [2.45, 2.75) is 0 Å². The highest BCUT2D eigenvalue weighted by atomic mass is 127. The van der Waals surface area contributed by atoms with Crippen LogP contribution in [0.2, 0.25) is 0 Å². The first-order valence-corrected chi connectivity index (χ1v) is 5.95. The predicted molar refractivity (Wildman–Crippen MR) is 71.5 cm³/mol. The summed E-state index contributed by atoms with van der Waals surface area (Å²) >= 11 is 4.41. The van der Waals surface area contributed by atoms with Gasteiger partial charge in [0.2, 0.25) is 5.75 Å². The van der Waals surface area contributed by atoms with Crippen molar-refractivity contribution >= 4 is 45.2 Å². The van der Waals surface area contributed by atoms with Crippen LogP contribution in [0, 0.1) is 7.14 Å². The van der Waals surface area contributed by atoms with Crippen LogP contribution in [0.4, 0.5) is 0 Å². The number of methoxy groups -OCH3 is 3. The quantitative estimate of drug-likeness (QED) is 0.705. The van der Waals surface area contributed by atoms with Crippen molar-refractivity contribution in [3.05, 3.63) is 13.2 Å². The molecule has 0 heterocycles. The fourth-order valence-electron chi connectivity index (χ4n) is 1.13. The van der Waals surface area contributed by atoms with Crippen LogP contribution in [0.15, 0.2) is 6.07 Å². The molecule has 0 aliphatic rings. The van der Waals surface area contributed by atoms with E-state index in [0.29, 0.717) is 17.2 Å². The molecule has 1 rings (SSSR count). The first kappa shape index (κ1) is 12.2. The van der Waals surface area contributed by atoms with Crippen LogP contribution in [0.25, 0.3) is 0 Å². The van der Waals surface area contributed by atoms with Crippen LogP contribution >= 0.6 is 45.2 Å². The van der Waals surface area contributed by atoms with Gasteiger partial charge in [-0.25, -0.2) is 0 Å². The van der Waals surface area contributed by atoms with E-state index in [1.54, 1.807) is 21.3 Å². The molecule has 3 nitrogen and oxygen atoms in total. The van der Waals surface area contributed by atoms with Gasteiger partial charge in [-0.1, -0.05) is 0 Å². The van der Waals surface area contributed by atoms with Crippen molar-refractivity contribution in [1.82, 2.24) is 0 Å². The Morgan fingerprint density at radius 2 is 1.14 bits per heavy atom. The molecule has 5 heteroatoms. The van der Waals surface area contributed by atoms with E-state index in [9.17, 15) is 0 Å². The second-order valence-corrected chi connectivity index (χ2v) is 4.76. The summed E-state index contributed by atoms with van der Waals surface area (Å²) in [7, 11) is 4.84. The van der Waals surface area contributed by atoms with Crippen molar-refractivity contribution in [3.8, 4) is 17.2 Å². The molecule has 0 aromatic heterocycles. The first-order chi connectivity index (χ1) is 6.65. The minimum atomic E-state index is 0.645. The van der Waals surface area contributed by atoms with Crippen molar-refractivity contribution in [2.75, 3.05) is 21.3 Å². The minimum absolute atomic E-state index is 0.645. The minimum Gasteiger partial charge on any atom is -0.492 e. The fourth-order valence-corrected chi connectivity index (χ4v) is 3.28. The van der Waals surface area contributed by atoms with Crippen molar-refractivity contribution in [3.63, 3.8) is 0 Å². The Hall–Kier alpha value is 0.0800. The van der Waals surface area contributed by atoms with E-state index in [2.05, 4.69) is 45.2 Å².